The fourth-order valence-corrected chi connectivity index (χ4v) is 6.02. The molecule has 0 radical (unpaired) electrons. The van der Waals surface area contributed by atoms with Crippen LogP contribution >= 0.6 is 0 Å². The zero-order chi connectivity index (χ0) is 28.5. The van der Waals surface area contributed by atoms with Crippen LogP contribution in [0.25, 0.3) is 0 Å². The van der Waals surface area contributed by atoms with Gasteiger partial charge in [0, 0.05) is 17.7 Å². The number of oxime groups is 1. The van der Waals surface area contributed by atoms with Crippen LogP contribution in [0.2, 0.25) is 0 Å². The number of nitrogens with one attached hydrogen (secondary N) is 1. The molecule has 1 saturated heterocycles. The average molecular weight is 542 g/mol. The first-order chi connectivity index (χ1) is 19.1. The predicted octanol–water partition coefficient (Wildman–Crippen LogP) is 5.84. The topological polar surface area (TPSA) is 83.4 Å². The van der Waals surface area contributed by atoms with Gasteiger partial charge in [0.15, 0.2) is 5.84 Å². The van der Waals surface area contributed by atoms with Gasteiger partial charge in [-0.3, -0.25) is 9.69 Å². The van der Waals surface area contributed by atoms with Gasteiger partial charge in [-0.25, -0.2) is 0 Å². The number of hydrogen-bond acceptors (Lipinski definition) is 6. The van der Waals surface area contributed by atoms with Gasteiger partial charge in [0.25, 0.3) is 5.91 Å². The smallest absolute Gasteiger partial charge is 0.256 e. The Balaban J connectivity index is 1.36. The molecule has 0 saturated carbocycles. The highest BCUT2D eigenvalue weighted by Gasteiger charge is 2.52. The molecule has 2 aliphatic rings. The molecule has 5 rings (SSSR count). The number of amides is 1. The minimum Gasteiger partial charge on any atom is -0.491 e. The minimum absolute atomic E-state index is 0.0435. The normalized spacial score (nSPS) is 20.5. The molecule has 0 bridgehead atoms. The molecule has 3 aromatic carbocycles. The number of carbonyl (C=O) groups is 1. The van der Waals surface area contributed by atoms with Crippen molar-refractivity contribution in [2.75, 3.05) is 6.61 Å². The van der Waals surface area contributed by atoms with E-state index in [-0.39, 0.29) is 29.1 Å². The number of rotatable bonds is 6. The molecular weight excluding hydrogens is 502 g/mol. The lowest BCUT2D eigenvalue weighted by atomic mass is 9.76. The van der Waals surface area contributed by atoms with Crippen molar-refractivity contribution < 1.29 is 19.5 Å². The van der Waals surface area contributed by atoms with Crippen LogP contribution in [0, 0.1) is 6.92 Å². The monoisotopic (exact) mass is 541 g/mol. The summed E-state index contributed by atoms with van der Waals surface area (Å²) in [5, 5.41) is 16.1. The number of hydrogen-bond donors (Lipinski definition) is 2. The maximum absolute atomic E-state index is 13.1. The van der Waals surface area contributed by atoms with E-state index in [0.717, 1.165) is 37.1 Å². The molecule has 1 spiro atoms. The summed E-state index contributed by atoms with van der Waals surface area (Å²) in [6.45, 7) is 11.6. The Kier molecular flexibility index (Phi) is 7.71. The standard InChI is InChI=1S/C33H39N3O4/c1-22(2)40-29-14-13-27(17-23(29)3)31(37)34-30(35-38)26-12-11-25-15-16-33(19-28(25)18-26)21-39-32(4,5)36(33)20-24-9-7-6-8-10-24/h6-14,17-18,22,38H,15-16,19-21H2,1-5H3,(H,34,35,37). The van der Waals surface area contributed by atoms with Crippen molar-refractivity contribution in [3.63, 3.8) is 0 Å². The van der Waals surface area contributed by atoms with Crippen LogP contribution in [-0.2, 0) is 24.1 Å². The van der Waals surface area contributed by atoms with Crippen molar-refractivity contribution in [3.8, 4) is 5.75 Å². The summed E-state index contributed by atoms with van der Waals surface area (Å²) in [6, 6.07) is 21.9. The van der Waals surface area contributed by atoms with Gasteiger partial charge in [-0.1, -0.05) is 47.6 Å². The van der Waals surface area contributed by atoms with E-state index in [4.69, 9.17) is 9.47 Å². The number of fused-ring (bicyclic) bond motifs is 1. The summed E-state index contributed by atoms with van der Waals surface area (Å²) < 4.78 is 12.2. The minimum atomic E-state index is -0.384. The largest absolute Gasteiger partial charge is 0.491 e. The van der Waals surface area contributed by atoms with Crippen molar-refractivity contribution in [3.05, 3.63) is 100 Å². The van der Waals surface area contributed by atoms with Crippen molar-refractivity contribution in [1.82, 2.24) is 10.2 Å². The second-order valence-corrected chi connectivity index (χ2v) is 11.7. The molecule has 40 heavy (non-hydrogen) atoms. The number of amidine groups is 1. The summed E-state index contributed by atoms with van der Waals surface area (Å²) in [5.74, 6) is 0.518. The van der Waals surface area contributed by atoms with Crippen LogP contribution in [0.15, 0.2) is 71.9 Å². The molecule has 2 N–H and O–H groups in total. The Morgan fingerprint density at radius 3 is 2.52 bits per heavy atom. The van der Waals surface area contributed by atoms with E-state index in [2.05, 4.69) is 59.6 Å². The fraction of sp³-hybridized carbons (Fsp3) is 0.394. The molecule has 0 aromatic heterocycles. The fourth-order valence-electron chi connectivity index (χ4n) is 6.02. The van der Waals surface area contributed by atoms with Gasteiger partial charge in [0.1, 0.15) is 11.5 Å². The first-order valence-corrected chi connectivity index (χ1v) is 14.0. The van der Waals surface area contributed by atoms with E-state index in [1.807, 2.05) is 39.0 Å². The highest BCUT2D eigenvalue weighted by atomic mass is 16.5. The number of nitrogens with zero attached hydrogens (tertiary/aromatic N) is 2. The van der Waals surface area contributed by atoms with E-state index in [9.17, 15) is 10.0 Å². The molecule has 7 nitrogen and oxygen atoms in total. The molecule has 7 heteroatoms. The van der Waals surface area contributed by atoms with Crippen LogP contribution < -0.4 is 10.1 Å². The van der Waals surface area contributed by atoms with E-state index < -0.39 is 0 Å². The van der Waals surface area contributed by atoms with Gasteiger partial charge >= 0.3 is 0 Å². The maximum atomic E-state index is 13.1. The SMILES string of the molecule is Cc1cc(C(=O)N/C(=N\O)c2ccc3c(c2)CC2(CC3)COC(C)(C)N2Cc2ccccc2)ccc1OC(C)C. The van der Waals surface area contributed by atoms with Crippen LogP contribution in [0.4, 0.5) is 0 Å². The third-order valence-electron chi connectivity index (χ3n) is 8.09. The molecule has 1 atom stereocenters. The number of ether oxygens (including phenoxy) is 2. The van der Waals surface area contributed by atoms with E-state index in [0.29, 0.717) is 17.7 Å². The Labute approximate surface area is 236 Å². The van der Waals surface area contributed by atoms with Crippen LogP contribution in [0.5, 0.6) is 5.75 Å². The Morgan fingerprint density at radius 1 is 1.07 bits per heavy atom. The van der Waals surface area contributed by atoms with Crippen LogP contribution in [-0.4, -0.2) is 45.8 Å². The molecule has 1 heterocycles. The zero-order valence-electron chi connectivity index (χ0n) is 24.0. The van der Waals surface area contributed by atoms with Gasteiger partial charge < -0.3 is 20.0 Å². The van der Waals surface area contributed by atoms with Crippen molar-refractivity contribution in [2.24, 2.45) is 5.16 Å². The summed E-state index contributed by atoms with van der Waals surface area (Å²) in [4.78, 5) is 15.6. The van der Waals surface area contributed by atoms with Gasteiger partial charge in [0.05, 0.1) is 18.2 Å². The summed E-state index contributed by atoms with van der Waals surface area (Å²) in [7, 11) is 0. The Hall–Kier alpha value is -3.68. The molecular formula is C33H39N3O4. The molecule has 3 aromatic rings. The van der Waals surface area contributed by atoms with Gasteiger partial charge in [-0.2, -0.15) is 0 Å². The first-order valence-electron chi connectivity index (χ1n) is 14.0. The van der Waals surface area contributed by atoms with Gasteiger partial charge in [-0.15, -0.1) is 0 Å². The lowest BCUT2D eigenvalue weighted by Gasteiger charge is -2.45. The lowest BCUT2D eigenvalue weighted by molar-refractivity contribution is -0.0673. The second-order valence-electron chi connectivity index (χ2n) is 11.7. The molecule has 1 fully saturated rings. The molecule has 1 aliphatic carbocycles. The highest BCUT2D eigenvalue weighted by Crippen LogP contribution is 2.44. The number of carbonyl (C=O) groups excluding carboxylic acids is 1. The first kappa shape index (κ1) is 27.9. The number of aryl methyl sites for hydroxylation is 2. The predicted molar refractivity (Wildman–Crippen MR) is 156 cm³/mol. The Morgan fingerprint density at radius 2 is 1.82 bits per heavy atom. The highest BCUT2D eigenvalue weighted by molar-refractivity contribution is 6.12. The number of benzene rings is 3. The maximum Gasteiger partial charge on any atom is 0.256 e. The van der Waals surface area contributed by atoms with E-state index in [1.165, 1.54) is 16.7 Å². The quantitative estimate of drug-likeness (QED) is 0.177. The molecule has 1 unspecified atom stereocenters. The van der Waals surface area contributed by atoms with E-state index in [1.54, 1.807) is 18.2 Å². The zero-order valence-corrected chi connectivity index (χ0v) is 24.0. The lowest BCUT2D eigenvalue weighted by Crippen LogP contribution is -2.54. The average Bonchev–Trinajstić information content (AvgIpc) is 3.17. The Bertz CT molecular complexity index is 1420. The molecule has 1 aliphatic heterocycles. The van der Waals surface area contributed by atoms with Gasteiger partial charge in [-0.05, 0) is 100 Å². The summed E-state index contributed by atoms with van der Waals surface area (Å²) in [6.07, 6.45) is 2.79. The second kappa shape index (κ2) is 11.1. The van der Waals surface area contributed by atoms with Crippen molar-refractivity contribution in [1.29, 1.82) is 0 Å². The summed E-state index contributed by atoms with van der Waals surface area (Å²) in [5.41, 5.74) is 5.20. The molecule has 1 amide bonds. The van der Waals surface area contributed by atoms with Crippen LogP contribution in [0.1, 0.15) is 72.3 Å². The third-order valence-corrected chi connectivity index (χ3v) is 8.09. The van der Waals surface area contributed by atoms with Crippen molar-refractivity contribution >= 4 is 11.7 Å². The van der Waals surface area contributed by atoms with E-state index >= 15 is 0 Å². The summed E-state index contributed by atoms with van der Waals surface area (Å²) >= 11 is 0. The molecule has 210 valence electrons. The van der Waals surface area contributed by atoms with Crippen molar-refractivity contribution in [2.45, 2.75) is 77.8 Å². The van der Waals surface area contributed by atoms with Gasteiger partial charge in [0.2, 0.25) is 0 Å². The third kappa shape index (κ3) is 5.62. The van der Waals surface area contributed by atoms with Crippen LogP contribution in [0.3, 0.4) is 0 Å².